The number of aromatic nitrogens is 1. The number of methoxy groups -OCH3 is 1. The number of hydrogen-bond acceptors (Lipinski definition) is 7. The van der Waals surface area contributed by atoms with Crippen LogP contribution in [0.25, 0.3) is 10.9 Å². The molecule has 0 aliphatic rings. The van der Waals surface area contributed by atoms with Gasteiger partial charge in [0, 0.05) is 12.5 Å². The summed E-state index contributed by atoms with van der Waals surface area (Å²) < 4.78 is 5.20. The standard InChI is InChI=1S/C22H23N3O6/c1-30-12-15(8-13-2-5-16(26)6-3-13)24-21(27)20-10-18(22(28)29)17-9-14(11-31-23)4-7-19(17)25-20/h2-7,9-10,15,26H,8,11-12,23H2,1H3,(H,24,27)(H,28,29)/t15-/m0/s1. The number of carbonyl (C=O) groups excluding carboxylic acids is 1. The Morgan fingerprint density at radius 1 is 1.13 bits per heavy atom. The number of nitrogens with zero attached hydrogens (tertiary/aromatic N) is 1. The fraction of sp³-hybridized carbons (Fsp3) is 0.227. The molecule has 0 aliphatic carbocycles. The molecule has 1 heterocycles. The van der Waals surface area contributed by atoms with Crippen molar-refractivity contribution < 1.29 is 29.4 Å². The number of aromatic hydroxyl groups is 1. The minimum atomic E-state index is -1.18. The third kappa shape index (κ3) is 5.54. The highest BCUT2D eigenvalue weighted by Crippen LogP contribution is 2.21. The number of nitrogens with two attached hydrogens (primary N) is 1. The van der Waals surface area contributed by atoms with Gasteiger partial charge in [-0.1, -0.05) is 18.2 Å². The second-order valence-electron chi connectivity index (χ2n) is 7.02. The largest absolute Gasteiger partial charge is 0.508 e. The zero-order chi connectivity index (χ0) is 22.4. The van der Waals surface area contributed by atoms with Crippen LogP contribution in [0.1, 0.15) is 32.0 Å². The van der Waals surface area contributed by atoms with E-state index >= 15 is 0 Å². The number of ether oxygens (including phenoxy) is 1. The van der Waals surface area contributed by atoms with E-state index in [2.05, 4.69) is 15.1 Å². The molecule has 9 heteroatoms. The monoisotopic (exact) mass is 425 g/mol. The number of hydrogen-bond donors (Lipinski definition) is 4. The van der Waals surface area contributed by atoms with Gasteiger partial charge in [0.1, 0.15) is 11.4 Å². The maximum atomic E-state index is 12.9. The molecule has 0 bridgehead atoms. The lowest BCUT2D eigenvalue weighted by Gasteiger charge is -2.18. The normalized spacial score (nSPS) is 11.9. The van der Waals surface area contributed by atoms with E-state index in [1.54, 1.807) is 42.5 Å². The summed E-state index contributed by atoms with van der Waals surface area (Å²) in [5, 5.41) is 22.3. The summed E-state index contributed by atoms with van der Waals surface area (Å²) >= 11 is 0. The van der Waals surface area contributed by atoms with Gasteiger partial charge in [0.05, 0.1) is 30.3 Å². The van der Waals surface area contributed by atoms with Crippen molar-refractivity contribution >= 4 is 22.8 Å². The molecule has 0 radical (unpaired) electrons. The zero-order valence-corrected chi connectivity index (χ0v) is 16.9. The summed E-state index contributed by atoms with van der Waals surface area (Å²) in [6, 6.07) is 12.5. The second kappa shape index (κ2) is 9.98. The average Bonchev–Trinajstić information content (AvgIpc) is 2.74. The Hall–Kier alpha value is -3.53. The number of nitrogens with one attached hydrogen (secondary N) is 1. The second-order valence-corrected chi connectivity index (χ2v) is 7.02. The predicted molar refractivity (Wildman–Crippen MR) is 113 cm³/mol. The first-order valence-electron chi connectivity index (χ1n) is 9.47. The first-order chi connectivity index (χ1) is 14.9. The van der Waals surface area contributed by atoms with E-state index in [-0.39, 0.29) is 36.3 Å². The quantitative estimate of drug-likeness (QED) is 0.381. The zero-order valence-electron chi connectivity index (χ0n) is 16.9. The minimum Gasteiger partial charge on any atom is -0.508 e. The van der Waals surface area contributed by atoms with Crippen molar-refractivity contribution in [1.82, 2.24) is 10.3 Å². The highest BCUT2D eigenvalue weighted by Gasteiger charge is 2.19. The fourth-order valence-electron chi connectivity index (χ4n) is 3.28. The van der Waals surface area contributed by atoms with Gasteiger partial charge in [-0.25, -0.2) is 15.7 Å². The van der Waals surface area contributed by atoms with Crippen molar-refractivity contribution in [1.29, 1.82) is 0 Å². The lowest BCUT2D eigenvalue weighted by atomic mass is 10.0. The Bertz CT molecular complexity index is 1080. The number of phenolic OH excluding ortho intramolecular Hbond substituents is 1. The summed E-state index contributed by atoms with van der Waals surface area (Å²) in [5.74, 6) is 3.55. The van der Waals surface area contributed by atoms with Gasteiger partial charge in [0.15, 0.2) is 0 Å². The molecule has 0 spiro atoms. The lowest BCUT2D eigenvalue weighted by Crippen LogP contribution is -2.40. The summed E-state index contributed by atoms with van der Waals surface area (Å²) in [5.41, 5.74) is 1.89. The van der Waals surface area contributed by atoms with E-state index in [9.17, 15) is 19.8 Å². The number of rotatable bonds is 9. The van der Waals surface area contributed by atoms with Crippen LogP contribution < -0.4 is 11.2 Å². The van der Waals surface area contributed by atoms with Crippen molar-refractivity contribution in [3.8, 4) is 5.75 Å². The SMILES string of the molecule is COC[C@H](Cc1ccc(O)cc1)NC(=O)c1cc(C(=O)O)c2cc(CON)ccc2n1. The summed E-state index contributed by atoms with van der Waals surface area (Å²) in [6.45, 7) is 0.363. The van der Waals surface area contributed by atoms with Gasteiger partial charge in [-0.3, -0.25) is 9.63 Å². The molecule has 9 nitrogen and oxygen atoms in total. The van der Waals surface area contributed by atoms with Crippen LogP contribution in [0, 0.1) is 0 Å². The van der Waals surface area contributed by atoms with Crippen LogP contribution >= 0.6 is 0 Å². The lowest BCUT2D eigenvalue weighted by molar-refractivity contribution is 0.0699. The number of pyridine rings is 1. The molecule has 162 valence electrons. The topological polar surface area (TPSA) is 144 Å². The van der Waals surface area contributed by atoms with Crippen molar-refractivity contribution in [3.05, 3.63) is 70.9 Å². The van der Waals surface area contributed by atoms with Crippen LogP contribution in [0.4, 0.5) is 0 Å². The Morgan fingerprint density at radius 2 is 1.84 bits per heavy atom. The van der Waals surface area contributed by atoms with Crippen LogP contribution in [0.15, 0.2) is 48.5 Å². The molecular weight excluding hydrogens is 402 g/mol. The molecule has 1 amide bonds. The Labute approximate surface area is 178 Å². The van der Waals surface area contributed by atoms with E-state index in [0.717, 1.165) is 5.56 Å². The molecule has 2 aromatic carbocycles. The van der Waals surface area contributed by atoms with Gasteiger partial charge in [0.25, 0.3) is 5.91 Å². The summed E-state index contributed by atoms with van der Waals surface area (Å²) in [6.07, 6.45) is 0.460. The first kappa shape index (κ1) is 22.2. The van der Waals surface area contributed by atoms with Crippen molar-refractivity contribution in [3.63, 3.8) is 0 Å². The molecular formula is C22H23N3O6. The third-order valence-electron chi connectivity index (χ3n) is 4.71. The van der Waals surface area contributed by atoms with E-state index in [0.29, 0.717) is 22.9 Å². The van der Waals surface area contributed by atoms with E-state index in [1.807, 2.05) is 0 Å². The Morgan fingerprint density at radius 3 is 2.48 bits per heavy atom. The van der Waals surface area contributed by atoms with Crippen LogP contribution in [-0.2, 0) is 22.6 Å². The van der Waals surface area contributed by atoms with Gasteiger partial charge >= 0.3 is 5.97 Å². The van der Waals surface area contributed by atoms with Gasteiger partial charge < -0.3 is 20.3 Å². The number of carbonyl (C=O) groups is 2. The van der Waals surface area contributed by atoms with Gasteiger partial charge in [-0.05, 0) is 47.9 Å². The molecule has 0 fully saturated rings. The molecule has 5 N–H and O–H groups in total. The Balaban J connectivity index is 1.88. The third-order valence-corrected chi connectivity index (χ3v) is 4.71. The van der Waals surface area contributed by atoms with E-state index in [4.69, 9.17) is 10.6 Å². The minimum absolute atomic E-state index is 0.0143. The van der Waals surface area contributed by atoms with Gasteiger partial charge in [-0.2, -0.15) is 0 Å². The molecule has 3 aromatic rings. The Kier molecular flexibility index (Phi) is 7.14. The van der Waals surface area contributed by atoms with Gasteiger partial charge in [0.2, 0.25) is 0 Å². The van der Waals surface area contributed by atoms with Crippen molar-refractivity contribution in [2.75, 3.05) is 13.7 Å². The fourth-order valence-corrected chi connectivity index (χ4v) is 3.28. The number of carboxylic acids is 1. The number of aromatic carboxylic acids is 1. The number of fused-ring (bicyclic) bond motifs is 1. The molecule has 3 rings (SSSR count). The molecule has 1 atom stereocenters. The predicted octanol–water partition coefficient (Wildman–Crippen LogP) is 2.02. The average molecular weight is 425 g/mol. The molecule has 0 aliphatic heterocycles. The first-order valence-corrected chi connectivity index (χ1v) is 9.47. The van der Waals surface area contributed by atoms with E-state index < -0.39 is 11.9 Å². The summed E-state index contributed by atoms with van der Waals surface area (Å²) in [7, 11) is 1.52. The maximum absolute atomic E-state index is 12.9. The highest BCUT2D eigenvalue weighted by molar-refractivity contribution is 6.06. The van der Waals surface area contributed by atoms with Crippen molar-refractivity contribution in [2.24, 2.45) is 5.90 Å². The number of benzene rings is 2. The number of phenols is 1. The van der Waals surface area contributed by atoms with E-state index in [1.165, 1.54) is 13.2 Å². The molecule has 0 saturated carbocycles. The number of amides is 1. The highest BCUT2D eigenvalue weighted by atomic mass is 16.6. The van der Waals surface area contributed by atoms with Crippen LogP contribution in [0.5, 0.6) is 5.75 Å². The van der Waals surface area contributed by atoms with Crippen LogP contribution in [-0.4, -0.2) is 46.8 Å². The molecule has 31 heavy (non-hydrogen) atoms. The molecule has 0 unspecified atom stereocenters. The van der Waals surface area contributed by atoms with Crippen LogP contribution in [0.2, 0.25) is 0 Å². The van der Waals surface area contributed by atoms with Gasteiger partial charge in [-0.15, -0.1) is 0 Å². The summed E-state index contributed by atoms with van der Waals surface area (Å²) in [4.78, 5) is 33.6. The molecule has 1 aromatic heterocycles. The van der Waals surface area contributed by atoms with Crippen LogP contribution in [0.3, 0.4) is 0 Å². The number of carboxylic acid groups (broad SMARTS) is 1. The maximum Gasteiger partial charge on any atom is 0.336 e. The molecule has 0 saturated heterocycles. The smallest absolute Gasteiger partial charge is 0.336 e. The van der Waals surface area contributed by atoms with Crippen molar-refractivity contribution in [2.45, 2.75) is 19.1 Å².